The molecule has 0 radical (unpaired) electrons. The quantitative estimate of drug-likeness (QED) is 0.572. The highest BCUT2D eigenvalue weighted by atomic mass is 16.5. The standard InChI is InChI=1S/C15H23N3O2/c16-12-5-4-6-13(11-12)18-15(19)17-9-10-20-14-7-2-1-3-8-14/h4-6,11,14H,1-3,7-10,16H2,(H2,17,18,19). The van der Waals surface area contributed by atoms with Gasteiger partial charge < -0.3 is 21.1 Å². The van der Waals surface area contributed by atoms with Crippen LogP contribution in [0.25, 0.3) is 0 Å². The van der Waals surface area contributed by atoms with Crippen LogP contribution < -0.4 is 16.4 Å². The van der Waals surface area contributed by atoms with Crippen LogP contribution in [0.15, 0.2) is 24.3 Å². The van der Waals surface area contributed by atoms with E-state index >= 15 is 0 Å². The number of hydrogen-bond donors (Lipinski definition) is 3. The normalized spacial score (nSPS) is 15.8. The summed E-state index contributed by atoms with van der Waals surface area (Å²) in [6, 6.07) is 6.87. The Morgan fingerprint density at radius 1 is 1.30 bits per heavy atom. The van der Waals surface area contributed by atoms with Crippen LogP contribution in [0.5, 0.6) is 0 Å². The SMILES string of the molecule is Nc1cccc(NC(=O)NCCOC2CCCCC2)c1. The van der Waals surface area contributed by atoms with Gasteiger partial charge in [-0.25, -0.2) is 4.79 Å². The minimum Gasteiger partial charge on any atom is -0.399 e. The predicted molar refractivity (Wildman–Crippen MR) is 80.7 cm³/mol. The van der Waals surface area contributed by atoms with Crippen LogP contribution in [0.2, 0.25) is 0 Å². The number of anilines is 2. The molecular weight excluding hydrogens is 254 g/mol. The van der Waals surface area contributed by atoms with Crippen LogP contribution in [0, 0.1) is 0 Å². The van der Waals surface area contributed by atoms with E-state index in [1.165, 1.54) is 19.3 Å². The highest BCUT2D eigenvalue weighted by Crippen LogP contribution is 2.19. The molecule has 1 fully saturated rings. The summed E-state index contributed by atoms with van der Waals surface area (Å²) in [5.74, 6) is 0. The highest BCUT2D eigenvalue weighted by molar-refractivity contribution is 5.89. The molecule has 20 heavy (non-hydrogen) atoms. The van der Waals surface area contributed by atoms with E-state index in [4.69, 9.17) is 10.5 Å². The van der Waals surface area contributed by atoms with Gasteiger partial charge in [0.2, 0.25) is 0 Å². The smallest absolute Gasteiger partial charge is 0.319 e. The molecule has 1 aliphatic carbocycles. The molecule has 1 aromatic carbocycles. The molecule has 1 saturated carbocycles. The van der Waals surface area contributed by atoms with E-state index in [1.807, 2.05) is 0 Å². The number of nitrogens with two attached hydrogens (primary N) is 1. The summed E-state index contributed by atoms with van der Waals surface area (Å²) in [5.41, 5.74) is 6.97. The topological polar surface area (TPSA) is 76.4 Å². The Kier molecular flexibility index (Phi) is 5.68. The molecule has 0 heterocycles. The maximum Gasteiger partial charge on any atom is 0.319 e. The van der Waals surface area contributed by atoms with Crippen molar-refractivity contribution >= 4 is 17.4 Å². The summed E-state index contributed by atoms with van der Waals surface area (Å²) >= 11 is 0. The first-order chi connectivity index (χ1) is 9.74. The molecular formula is C15H23N3O2. The van der Waals surface area contributed by atoms with Crippen molar-refractivity contribution in [2.75, 3.05) is 24.2 Å². The lowest BCUT2D eigenvalue weighted by Gasteiger charge is -2.22. The molecule has 1 aliphatic rings. The lowest BCUT2D eigenvalue weighted by molar-refractivity contribution is 0.0313. The van der Waals surface area contributed by atoms with E-state index in [1.54, 1.807) is 24.3 Å². The number of hydrogen-bond acceptors (Lipinski definition) is 3. The second kappa shape index (κ2) is 7.75. The van der Waals surface area contributed by atoms with Gasteiger partial charge in [-0.05, 0) is 31.0 Å². The van der Waals surface area contributed by atoms with Crippen molar-refractivity contribution in [2.45, 2.75) is 38.2 Å². The van der Waals surface area contributed by atoms with Gasteiger partial charge in [-0.1, -0.05) is 25.3 Å². The zero-order chi connectivity index (χ0) is 14.2. The summed E-state index contributed by atoms with van der Waals surface area (Å²) in [4.78, 5) is 11.7. The van der Waals surface area contributed by atoms with E-state index in [2.05, 4.69) is 10.6 Å². The second-order valence-electron chi connectivity index (χ2n) is 5.14. The minimum absolute atomic E-state index is 0.233. The number of rotatable bonds is 5. The molecule has 0 unspecified atom stereocenters. The number of nitrogen functional groups attached to an aromatic ring is 1. The number of nitrogens with one attached hydrogen (secondary N) is 2. The molecule has 110 valence electrons. The monoisotopic (exact) mass is 277 g/mol. The molecule has 5 nitrogen and oxygen atoms in total. The van der Waals surface area contributed by atoms with Gasteiger partial charge in [-0.15, -0.1) is 0 Å². The van der Waals surface area contributed by atoms with Gasteiger partial charge in [0.1, 0.15) is 0 Å². The molecule has 0 atom stereocenters. The molecule has 1 aromatic rings. The Morgan fingerprint density at radius 3 is 2.85 bits per heavy atom. The average molecular weight is 277 g/mol. The largest absolute Gasteiger partial charge is 0.399 e. The number of ether oxygens (including phenoxy) is 1. The maximum absolute atomic E-state index is 11.7. The Morgan fingerprint density at radius 2 is 2.10 bits per heavy atom. The number of urea groups is 1. The lowest BCUT2D eigenvalue weighted by atomic mass is 9.98. The first-order valence-corrected chi connectivity index (χ1v) is 7.26. The summed E-state index contributed by atoms with van der Waals surface area (Å²) in [7, 11) is 0. The van der Waals surface area contributed by atoms with E-state index in [0.29, 0.717) is 30.6 Å². The van der Waals surface area contributed by atoms with Crippen molar-refractivity contribution in [2.24, 2.45) is 0 Å². The average Bonchev–Trinajstić information content (AvgIpc) is 2.45. The van der Waals surface area contributed by atoms with Crippen LogP contribution in [-0.4, -0.2) is 25.3 Å². The Hall–Kier alpha value is -1.75. The van der Waals surface area contributed by atoms with E-state index in [0.717, 1.165) is 12.8 Å². The van der Waals surface area contributed by atoms with Gasteiger partial charge in [-0.3, -0.25) is 0 Å². The summed E-state index contributed by atoms with van der Waals surface area (Å²) in [6.07, 6.45) is 6.51. The van der Waals surface area contributed by atoms with Gasteiger partial charge in [-0.2, -0.15) is 0 Å². The molecule has 0 bridgehead atoms. The Labute approximate surface area is 119 Å². The van der Waals surface area contributed by atoms with Crippen LogP contribution >= 0.6 is 0 Å². The van der Waals surface area contributed by atoms with Crippen molar-refractivity contribution in [1.29, 1.82) is 0 Å². The number of carbonyl (C=O) groups excluding carboxylic acids is 1. The van der Waals surface area contributed by atoms with Crippen LogP contribution in [0.3, 0.4) is 0 Å². The fourth-order valence-electron chi connectivity index (χ4n) is 2.41. The van der Waals surface area contributed by atoms with Crippen LogP contribution in [0.4, 0.5) is 16.2 Å². The van der Waals surface area contributed by atoms with Gasteiger partial charge in [0.05, 0.1) is 12.7 Å². The van der Waals surface area contributed by atoms with Crippen molar-refractivity contribution in [1.82, 2.24) is 5.32 Å². The number of carbonyl (C=O) groups is 1. The first-order valence-electron chi connectivity index (χ1n) is 7.26. The molecule has 0 aliphatic heterocycles. The number of amides is 2. The van der Waals surface area contributed by atoms with E-state index in [-0.39, 0.29) is 6.03 Å². The van der Waals surface area contributed by atoms with Gasteiger partial charge in [0, 0.05) is 17.9 Å². The third kappa shape index (κ3) is 5.09. The molecule has 0 aromatic heterocycles. The van der Waals surface area contributed by atoms with E-state index < -0.39 is 0 Å². The molecule has 2 rings (SSSR count). The van der Waals surface area contributed by atoms with Gasteiger partial charge in [0.25, 0.3) is 0 Å². The van der Waals surface area contributed by atoms with Crippen molar-refractivity contribution < 1.29 is 9.53 Å². The zero-order valence-electron chi connectivity index (χ0n) is 11.7. The second-order valence-corrected chi connectivity index (χ2v) is 5.14. The molecule has 0 saturated heterocycles. The Bertz CT molecular complexity index is 431. The highest BCUT2D eigenvalue weighted by Gasteiger charge is 2.13. The lowest BCUT2D eigenvalue weighted by Crippen LogP contribution is -2.32. The molecule has 0 spiro atoms. The van der Waals surface area contributed by atoms with Gasteiger partial charge in [0.15, 0.2) is 0 Å². The fourth-order valence-corrected chi connectivity index (χ4v) is 2.41. The molecule has 5 heteroatoms. The summed E-state index contributed by atoms with van der Waals surface area (Å²) in [5, 5.41) is 5.51. The van der Waals surface area contributed by atoms with Crippen molar-refractivity contribution in [3.63, 3.8) is 0 Å². The predicted octanol–water partition coefficient (Wildman–Crippen LogP) is 2.74. The molecule has 2 amide bonds. The molecule has 4 N–H and O–H groups in total. The summed E-state index contributed by atoms with van der Waals surface area (Å²) < 4.78 is 5.74. The van der Waals surface area contributed by atoms with Crippen LogP contribution in [-0.2, 0) is 4.74 Å². The minimum atomic E-state index is -0.233. The van der Waals surface area contributed by atoms with E-state index in [9.17, 15) is 4.79 Å². The van der Waals surface area contributed by atoms with Crippen molar-refractivity contribution in [3.8, 4) is 0 Å². The van der Waals surface area contributed by atoms with Crippen LogP contribution in [0.1, 0.15) is 32.1 Å². The zero-order valence-corrected chi connectivity index (χ0v) is 11.7. The first kappa shape index (κ1) is 14.7. The van der Waals surface area contributed by atoms with Crippen molar-refractivity contribution in [3.05, 3.63) is 24.3 Å². The third-order valence-corrected chi connectivity index (χ3v) is 3.44. The Balaban J connectivity index is 1.60. The fraction of sp³-hybridized carbons (Fsp3) is 0.533. The maximum atomic E-state index is 11.7. The summed E-state index contributed by atoms with van der Waals surface area (Å²) in [6.45, 7) is 1.08. The number of benzene rings is 1. The third-order valence-electron chi connectivity index (χ3n) is 3.44. The van der Waals surface area contributed by atoms with Gasteiger partial charge >= 0.3 is 6.03 Å².